The van der Waals surface area contributed by atoms with Crippen LogP contribution in [0.1, 0.15) is 16.1 Å². The van der Waals surface area contributed by atoms with E-state index in [9.17, 15) is 18.0 Å². The fraction of sp³-hybridized carbons (Fsp3) is 0.500. The van der Waals surface area contributed by atoms with Crippen LogP contribution in [0, 0.1) is 17.8 Å². The van der Waals surface area contributed by atoms with Gasteiger partial charge in [0.1, 0.15) is 11.4 Å². The number of aromatic nitrogens is 2. The molecule has 1 unspecified atom stereocenters. The van der Waals surface area contributed by atoms with Crippen LogP contribution in [0.5, 0.6) is 5.75 Å². The number of rotatable bonds is 6. The van der Waals surface area contributed by atoms with Crippen LogP contribution in [-0.2, 0) is 13.6 Å². The fourth-order valence-electron chi connectivity index (χ4n) is 4.35. The maximum atomic E-state index is 13.1. The Morgan fingerprint density at radius 2 is 2.00 bits per heavy atom. The summed E-state index contributed by atoms with van der Waals surface area (Å²) in [6.07, 6.45) is -1.54. The van der Waals surface area contributed by atoms with Crippen molar-refractivity contribution in [3.8, 4) is 5.75 Å². The molecule has 2 aromatic rings. The number of amides is 1. The lowest BCUT2D eigenvalue weighted by atomic mass is 10.1. The number of aryl methyl sites for hydroxylation is 1. The first-order chi connectivity index (χ1) is 13.7. The van der Waals surface area contributed by atoms with Gasteiger partial charge in [0.25, 0.3) is 5.91 Å². The minimum absolute atomic E-state index is 0.205. The van der Waals surface area contributed by atoms with Gasteiger partial charge >= 0.3 is 6.36 Å². The van der Waals surface area contributed by atoms with E-state index in [1.165, 1.54) is 18.2 Å². The van der Waals surface area contributed by atoms with Gasteiger partial charge in [-0.05, 0) is 42.5 Å². The molecule has 1 aliphatic carbocycles. The normalized spacial score (nSPS) is 23.7. The molecule has 1 aliphatic heterocycles. The Bertz CT molecular complexity index is 886. The van der Waals surface area contributed by atoms with Gasteiger partial charge < -0.3 is 19.1 Å². The van der Waals surface area contributed by atoms with Gasteiger partial charge in [0.05, 0.1) is 6.33 Å². The molecule has 0 radical (unpaired) electrons. The number of carbonyl (C=O) groups is 1. The summed E-state index contributed by atoms with van der Waals surface area (Å²) in [6, 6.07) is 5.78. The number of likely N-dealkylation sites (tertiary alicyclic amines) is 1. The molecule has 6 nitrogen and oxygen atoms in total. The second-order valence-corrected chi connectivity index (χ2v) is 8.02. The first-order valence-electron chi connectivity index (χ1n) is 9.50. The van der Waals surface area contributed by atoms with Crippen molar-refractivity contribution >= 4 is 5.91 Å². The molecule has 1 amide bonds. The number of piperidine rings is 1. The lowest BCUT2D eigenvalue weighted by Gasteiger charge is -2.24. The molecule has 1 aromatic carbocycles. The molecular formula is C20H23F3N4O2. The number of nitrogens with zero attached hydrogens (tertiary/aromatic N) is 4. The van der Waals surface area contributed by atoms with Crippen molar-refractivity contribution in [1.29, 1.82) is 0 Å². The zero-order valence-electron chi connectivity index (χ0n) is 16.3. The largest absolute Gasteiger partial charge is 0.573 e. The molecule has 156 valence electrons. The van der Waals surface area contributed by atoms with Gasteiger partial charge in [-0.2, -0.15) is 0 Å². The Kier molecular flexibility index (Phi) is 5.02. The van der Waals surface area contributed by atoms with Crippen LogP contribution in [0.15, 0.2) is 36.8 Å². The van der Waals surface area contributed by atoms with Crippen LogP contribution in [0.25, 0.3) is 0 Å². The highest BCUT2D eigenvalue weighted by Crippen LogP contribution is 2.51. The molecule has 29 heavy (non-hydrogen) atoms. The summed E-state index contributed by atoms with van der Waals surface area (Å²) in [6.45, 7) is 2.82. The van der Waals surface area contributed by atoms with Crippen LogP contribution in [0.3, 0.4) is 0 Å². The van der Waals surface area contributed by atoms with Crippen molar-refractivity contribution < 1.29 is 22.7 Å². The zero-order chi connectivity index (χ0) is 20.8. The summed E-state index contributed by atoms with van der Waals surface area (Å²) in [5.41, 5.74) is 0.914. The highest BCUT2D eigenvalue weighted by molar-refractivity contribution is 5.92. The molecule has 0 spiro atoms. The third-order valence-corrected chi connectivity index (χ3v) is 5.70. The predicted molar refractivity (Wildman–Crippen MR) is 99.0 cm³/mol. The van der Waals surface area contributed by atoms with E-state index in [-0.39, 0.29) is 18.2 Å². The number of imidazole rings is 1. The van der Waals surface area contributed by atoms with Crippen LogP contribution >= 0.6 is 0 Å². The molecule has 1 aromatic heterocycles. The van der Waals surface area contributed by atoms with Crippen LogP contribution in [0.2, 0.25) is 0 Å². The number of halogens is 3. The molecule has 1 saturated heterocycles. The molecule has 2 heterocycles. The van der Waals surface area contributed by atoms with Gasteiger partial charge in [-0.3, -0.25) is 4.79 Å². The maximum absolute atomic E-state index is 13.1. The Balaban J connectivity index is 1.51. The van der Waals surface area contributed by atoms with E-state index in [1.54, 1.807) is 35.1 Å². The van der Waals surface area contributed by atoms with Crippen LogP contribution in [-0.4, -0.2) is 58.3 Å². The SMILES string of the molecule is CN1C[C@@H]2C(CN(Cc3cccc(OC(F)(F)F)c3)C(=O)c3cn(C)cn3)[C@@H]2C1. The van der Waals surface area contributed by atoms with Gasteiger partial charge in [0.2, 0.25) is 0 Å². The summed E-state index contributed by atoms with van der Waals surface area (Å²) in [5, 5.41) is 0. The lowest BCUT2D eigenvalue weighted by molar-refractivity contribution is -0.274. The van der Waals surface area contributed by atoms with E-state index in [0.29, 0.717) is 35.6 Å². The summed E-state index contributed by atoms with van der Waals surface area (Å²) >= 11 is 0. The number of hydrogen-bond acceptors (Lipinski definition) is 4. The van der Waals surface area contributed by atoms with Gasteiger partial charge in [0, 0.05) is 39.4 Å². The average molecular weight is 408 g/mol. The Morgan fingerprint density at radius 1 is 1.28 bits per heavy atom. The Hall–Kier alpha value is -2.55. The zero-order valence-corrected chi connectivity index (χ0v) is 16.3. The smallest absolute Gasteiger partial charge is 0.406 e. The number of fused-ring (bicyclic) bond motifs is 1. The maximum Gasteiger partial charge on any atom is 0.573 e. The predicted octanol–water partition coefficient (Wildman–Crippen LogP) is 2.77. The third kappa shape index (κ3) is 4.55. The van der Waals surface area contributed by atoms with Crippen molar-refractivity contribution in [2.24, 2.45) is 24.8 Å². The van der Waals surface area contributed by atoms with Gasteiger partial charge in [-0.1, -0.05) is 12.1 Å². The second kappa shape index (κ2) is 7.37. The average Bonchev–Trinajstić information content (AvgIpc) is 2.98. The highest BCUT2D eigenvalue weighted by atomic mass is 19.4. The summed E-state index contributed by atoms with van der Waals surface area (Å²) in [4.78, 5) is 21.2. The summed E-state index contributed by atoms with van der Waals surface area (Å²) in [7, 11) is 3.87. The quantitative estimate of drug-likeness (QED) is 0.738. The third-order valence-electron chi connectivity index (χ3n) is 5.70. The minimum atomic E-state index is -4.75. The number of alkyl halides is 3. The van der Waals surface area contributed by atoms with Crippen molar-refractivity contribution in [1.82, 2.24) is 19.4 Å². The van der Waals surface area contributed by atoms with Gasteiger partial charge in [0.15, 0.2) is 0 Å². The Morgan fingerprint density at radius 3 is 2.62 bits per heavy atom. The first kappa shape index (κ1) is 19.8. The van der Waals surface area contributed by atoms with Crippen molar-refractivity contribution in [2.45, 2.75) is 12.9 Å². The summed E-state index contributed by atoms with van der Waals surface area (Å²) < 4.78 is 43.3. The second-order valence-electron chi connectivity index (χ2n) is 8.02. The standard InChI is InChI=1S/C20H23F3N4O2/c1-25-8-15-16(9-25)17(15)10-27(19(28)18-11-26(2)12-24-18)7-13-4-3-5-14(6-13)29-20(21,22)23/h3-6,11-12,15-17H,7-10H2,1-2H3/t15-,16+,17?. The lowest BCUT2D eigenvalue weighted by Crippen LogP contribution is -2.34. The van der Waals surface area contributed by atoms with E-state index in [4.69, 9.17) is 0 Å². The fourth-order valence-corrected chi connectivity index (χ4v) is 4.35. The molecule has 1 saturated carbocycles. The first-order valence-corrected chi connectivity index (χ1v) is 9.50. The number of carbonyl (C=O) groups excluding carboxylic acids is 1. The van der Waals surface area contributed by atoms with Gasteiger partial charge in [-0.25, -0.2) is 4.98 Å². The number of hydrogen-bond donors (Lipinski definition) is 0. The number of benzene rings is 1. The van der Waals surface area contributed by atoms with Crippen LogP contribution < -0.4 is 4.74 Å². The monoisotopic (exact) mass is 408 g/mol. The molecule has 2 fully saturated rings. The van der Waals surface area contributed by atoms with Crippen molar-refractivity contribution in [3.05, 3.63) is 48.0 Å². The molecule has 4 rings (SSSR count). The van der Waals surface area contributed by atoms with E-state index in [0.717, 1.165) is 13.1 Å². The molecule has 2 aliphatic rings. The molecule has 3 atom stereocenters. The van der Waals surface area contributed by atoms with Crippen molar-refractivity contribution in [2.75, 3.05) is 26.7 Å². The molecular weight excluding hydrogens is 385 g/mol. The van der Waals surface area contributed by atoms with Crippen LogP contribution in [0.4, 0.5) is 13.2 Å². The molecule has 0 N–H and O–H groups in total. The van der Waals surface area contributed by atoms with E-state index >= 15 is 0 Å². The van der Waals surface area contributed by atoms with Crippen molar-refractivity contribution in [3.63, 3.8) is 0 Å². The highest BCUT2D eigenvalue weighted by Gasteiger charge is 2.55. The summed E-state index contributed by atoms with van der Waals surface area (Å²) in [5.74, 6) is 1.09. The van der Waals surface area contributed by atoms with E-state index in [1.807, 2.05) is 0 Å². The van der Waals surface area contributed by atoms with E-state index in [2.05, 4.69) is 21.7 Å². The molecule has 9 heteroatoms. The number of ether oxygens (including phenoxy) is 1. The minimum Gasteiger partial charge on any atom is -0.406 e. The Labute approximate surface area is 166 Å². The topological polar surface area (TPSA) is 50.6 Å². The molecule has 0 bridgehead atoms. The van der Waals surface area contributed by atoms with E-state index < -0.39 is 6.36 Å². The van der Waals surface area contributed by atoms with Gasteiger partial charge in [-0.15, -0.1) is 13.2 Å².